The van der Waals surface area contributed by atoms with E-state index in [-0.39, 0.29) is 10.6 Å². The van der Waals surface area contributed by atoms with Gasteiger partial charge in [-0.3, -0.25) is 10.1 Å². The Morgan fingerprint density at radius 2 is 2.00 bits per heavy atom. The molecule has 0 aliphatic heterocycles. The summed E-state index contributed by atoms with van der Waals surface area (Å²) in [4.78, 5) is 12.6. The average Bonchev–Trinajstić information content (AvgIpc) is 2.21. The van der Waals surface area contributed by atoms with Gasteiger partial charge < -0.3 is 4.18 Å². The molecular weight excluding hydrogens is 317 g/mol. The van der Waals surface area contributed by atoms with Gasteiger partial charge in [0.2, 0.25) is 0 Å². The first kappa shape index (κ1) is 15.4. The van der Waals surface area contributed by atoms with Crippen LogP contribution < -0.4 is 4.18 Å². The highest BCUT2D eigenvalue weighted by molar-refractivity contribution is 7.88. The van der Waals surface area contributed by atoms with Crippen LogP contribution in [0.5, 0.6) is 5.88 Å². The van der Waals surface area contributed by atoms with Crippen molar-refractivity contribution in [1.29, 1.82) is 0 Å². The fraction of sp³-hybridized carbons (Fsp3) is 0.286. The molecule has 12 heteroatoms. The molecule has 0 bridgehead atoms. The number of rotatable bonds is 3. The summed E-state index contributed by atoms with van der Waals surface area (Å²) in [5.74, 6) is -1.30. The van der Waals surface area contributed by atoms with E-state index in [1.165, 1.54) is 0 Å². The van der Waals surface area contributed by atoms with Crippen LogP contribution in [0.15, 0.2) is 6.20 Å². The highest BCUT2D eigenvalue weighted by Gasteiger charge is 2.50. The van der Waals surface area contributed by atoms with Crippen molar-refractivity contribution < 1.29 is 30.7 Å². The van der Waals surface area contributed by atoms with Gasteiger partial charge in [-0.05, 0) is 6.92 Å². The van der Waals surface area contributed by atoms with E-state index in [1.54, 1.807) is 0 Å². The molecule has 0 aliphatic rings. The van der Waals surface area contributed by atoms with Gasteiger partial charge >= 0.3 is 27.2 Å². The molecule has 0 unspecified atom stereocenters. The summed E-state index contributed by atoms with van der Waals surface area (Å²) >= 11 is 5.50. The number of halogens is 4. The van der Waals surface area contributed by atoms with Gasteiger partial charge in [-0.15, -0.1) is 0 Å². The van der Waals surface area contributed by atoms with E-state index in [4.69, 9.17) is 11.6 Å². The van der Waals surface area contributed by atoms with Crippen molar-refractivity contribution in [2.24, 2.45) is 0 Å². The molecule has 19 heavy (non-hydrogen) atoms. The molecule has 0 saturated heterocycles. The predicted molar refractivity (Wildman–Crippen MR) is 56.2 cm³/mol. The molecular formula is C7H4ClF3N2O5S. The molecule has 0 aliphatic carbocycles. The molecule has 0 N–H and O–H groups in total. The fourth-order valence-electron chi connectivity index (χ4n) is 0.974. The predicted octanol–water partition coefficient (Wildman–Crippen LogP) is 2.18. The van der Waals surface area contributed by atoms with Crippen LogP contribution in [0.3, 0.4) is 0 Å². The molecule has 0 saturated carbocycles. The van der Waals surface area contributed by atoms with Crippen molar-refractivity contribution in [1.82, 2.24) is 4.98 Å². The molecule has 0 spiro atoms. The molecule has 1 aromatic heterocycles. The quantitative estimate of drug-likeness (QED) is 0.366. The summed E-state index contributed by atoms with van der Waals surface area (Å²) < 4.78 is 61.4. The van der Waals surface area contributed by atoms with E-state index in [0.717, 1.165) is 13.1 Å². The molecule has 1 aromatic rings. The number of aromatic nitrogens is 1. The maximum atomic E-state index is 12.1. The number of alkyl halides is 3. The summed E-state index contributed by atoms with van der Waals surface area (Å²) in [6, 6.07) is 0. The van der Waals surface area contributed by atoms with Gasteiger partial charge in [0, 0.05) is 0 Å². The van der Waals surface area contributed by atoms with Gasteiger partial charge in [0.25, 0.3) is 0 Å². The van der Waals surface area contributed by atoms with Gasteiger partial charge in [0.05, 0.1) is 21.7 Å². The topological polar surface area (TPSA) is 99.4 Å². The summed E-state index contributed by atoms with van der Waals surface area (Å²) in [7, 11) is -6.05. The lowest BCUT2D eigenvalue weighted by molar-refractivity contribution is -0.386. The molecule has 0 fully saturated rings. The van der Waals surface area contributed by atoms with Gasteiger partial charge in [-0.2, -0.15) is 21.6 Å². The van der Waals surface area contributed by atoms with Crippen molar-refractivity contribution in [2.75, 3.05) is 0 Å². The molecule has 1 heterocycles. The second-order valence-corrected chi connectivity index (χ2v) is 5.07. The first-order chi connectivity index (χ1) is 8.47. The first-order valence-electron chi connectivity index (χ1n) is 4.27. The van der Waals surface area contributed by atoms with E-state index in [0.29, 0.717) is 0 Å². The van der Waals surface area contributed by atoms with Crippen molar-refractivity contribution >= 4 is 27.4 Å². The minimum absolute atomic E-state index is 0.219. The molecule has 7 nitrogen and oxygen atoms in total. The van der Waals surface area contributed by atoms with Crippen LogP contribution in [0.1, 0.15) is 5.56 Å². The maximum absolute atomic E-state index is 12.1. The zero-order chi connectivity index (χ0) is 15.0. The Balaban J connectivity index is 3.39. The Kier molecular flexibility index (Phi) is 3.91. The highest BCUT2D eigenvalue weighted by Crippen LogP contribution is 2.35. The molecule has 0 amide bonds. The van der Waals surface area contributed by atoms with Crippen LogP contribution in [-0.2, 0) is 10.1 Å². The van der Waals surface area contributed by atoms with Gasteiger partial charge in [-0.1, -0.05) is 11.6 Å². The van der Waals surface area contributed by atoms with Gasteiger partial charge in [-0.25, -0.2) is 4.98 Å². The summed E-state index contributed by atoms with van der Waals surface area (Å²) in [6.45, 7) is 1.11. The lowest BCUT2D eigenvalue weighted by atomic mass is 10.2. The third-order valence-electron chi connectivity index (χ3n) is 1.87. The molecule has 0 atom stereocenters. The van der Waals surface area contributed by atoms with E-state index < -0.39 is 32.1 Å². The molecule has 0 radical (unpaired) electrons. The number of hydrogen-bond donors (Lipinski definition) is 0. The smallest absolute Gasteiger partial charge is 0.348 e. The molecule has 106 valence electrons. The van der Waals surface area contributed by atoms with Crippen molar-refractivity contribution in [3.05, 3.63) is 26.9 Å². The minimum atomic E-state index is -6.05. The Bertz CT molecular complexity index is 630. The summed E-state index contributed by atoms with van der Waals surface area (Å²) in [5, 5.41) is 10.5. The number of pyridine rings is 1. The van der Waals surface area contributed by atoms with Gasteiger partial charge in [0.1, 0.15) is 0 Å². The first-order valence-corrected chi connectivity index (χ1v) is 6.06. The highest BCUT2D eigenvalue weighted by atomic mass is 35.5. The van der Waals surface area contributed by atoms with E-state index in [2.05, 4.69) is 9.17 Å². The van der Waals surface area contributed by atoms with Crippen LogP contribution in [0.2, 0.25) is 5.02 Å². The van der Waals surface area contributed by atoms with Crippen molar-refractivity contribution in [3.8, 4) is 5.88 Å². The van der Waals surface area contributed by atoms with E-state index in [9.17, 15) is 31.7 Å². The summed E-state index contributed by atoms with van der Waals surface area (Å²) in [5.41, 5.74) is -7.05. The number of hydrogen-bond acceptors (Lipinski definition) is 6. The Morgan fingerprint density at radius 1 is 1.47 bits per heavy atom. The summed E-state index contributed by atoms with van der Waals surface area (Å²) in [6.07, 6.45) is 0.741. The third-order valence-corrected chi connectivity index (χ3v) is 3.19. The Morgan fingerprint density at radius 3 is 2.42 bits per heavy atom. The number of nitrogens with zero attached hydrogens (tertiary/aromatic N) is 2. The third kappa shape index (κ3) is 3.04. The second kappa shape index (κ2) is 4.81. The molecule has 1 rings (SSSR count). The standard InChI is InChI=1S/C7H4ClF3N2O5S/c1-3-4(8)2-12-6(5(3)13(14)15)18-19(16,17)7(9,10)11/h2H,1H3. The van der Waals surface area contributed by atoms with E-state index >= 15 is 0 Å². The van der Waals surface area contributed by atoms with Crippen molar-refractivity contribution in [3.63, 3.8) is 0 Å². The normalized spacial score (nSPS) is 12.3. The lowest BCUT2D eigenvalue weighted by Gasteiger charge is -2.09. The second-order valence-electron chi connectivity index (χ2n) is 3.13. The largest absolute Gasteiger partial charge is 0.534 e. The van der Waals surface area contributed by atoms with Crippen LogP contribution >= 0.6 is 11.6 Å². The lowest BCUT2D eigenvalue weighted by Crippen LogP contribution is -2.28. The fourth-order valence-corrected chi connectivity index (χ4v) is 1.54. The van der Waals surface area contributed by atoms with Crippen LogP contribution in [0, 0.1) is 17.0 Å². The number of nitro groups is 1. The average molecular weight is 321 g/mol. The minimum Gasteiger partial charge on any atom is -0.348 e. The monoisotopic (exact) mass is 320 g/mol. The van der Waals surface area contributed by atoms with E-state index in [1.807, 2.05) is 0 Å². The zero-order valence-corrected chi connectivity index (χ0v) is 10.5. The molecule has 0 aromatic carbocycles. The zero-order valence-electron chi connectivity index (χ0n) is 8.93. The maximum Gasteiger partial charge on any atom is 0.534 e. The SMILES string of the molecule is Cc1c(Cl)cnc(OS(=O)(=O)C(F)(F)F)c1[N+](=O)[O-]. The Hall–Kier alpha value is -1.62. The Labute approximate surface area is 109 Å². The van der Waals surface area contributed by atoms with Crippen LogP contribution in [0.25, 0.3) is 0 Å². The van der Waals surface area contributed by atoms with Crippen LogP contribution in [0.4, 0.5) is 18.9 Å². The van der Waals surface area contributed by atoms with Crippen LogP contribution in [-0.4, -0.2) is 23.8 Å². The van der Waals surface area contributed by atoms with Gasteiger partial charge in [0.15, 0.2) is 0 Å². The van der Waals surface area contributed by atoms with Crippen molar-refractivity contribution in [2.45, 2.75) is 12.4 Å².